The van der Waals surface area contributed by atoms with Gasteiger partial charge in [0.15, 0.2) is 9.84 Å². The van der Waals surface area contributed by atoms with Gasteiger partial charge in [-0.1, -0.05) is 24.3 Å². The van der Waals surface area contributed by atoms with Gasteiger partial charge in [-0.05, 0) is 39.7 Å². The van der Waals surface area contributed by atoms with Gasteiger partial charge < -0.3 is 10.2 Å². The Bertz CT molecular complexity index is 785. The van der Waals surface area contributed by atoms with E-state index in [0.717, 1.165) is 0 Å². The normalized spacial score (nSPS) is 11.3. The van der Waals surface area contributed by atoms with Crippen molar-refractivity contribution < 1.29 is 23.4 Å². The number of aromatic carboxylic acids is 1. The van der Waals surface area contributed by atoms with Crippen molar-refractivity contribution in [2.45, 2.75) is 10.6 Å². The fraction of sp³-hybridized carbons (Fsp3) is 0.0714. The maximum Gasteiger partial charge on any atom is 0.339 e. The molecule has 2 N–H and O–H groups in total. The Labute approximate surface area is 129 Å². The van der Waals surface area contributed by atoms with Gasteiger partial charge in [-0.25, -0.2) is 13.2 Å². The zero-order chi connectivity index (χ0) is 15.6. The topological polar surface area (TPSA) is 91.7 Å². The third kappa shape index (κ3) is 3.25. The van der Waals surface area contributed by atoms with Crippen LogP contribution in [0.1, 0.15) is 15.9 Å². The van der Waals surface area contributed by atoms with E-state index in [4.69, 9.17) is 5.11 Å². The second-order valence-electron chi connectivity index (χ2n) is 4.31. The largest absolute Gasteiger partial charge is 0.506 e. The van der Waals surface area contributed by atoms with E-state index in [1.807, 2.05) is 0 Å². The van der Waals surface area contributed by atoms with Crippen molar-refractivity contribution in [1.29, 1.82) is 0 Å². The minimum Gasteiger partial charge on any atom is -0.506 e. The highest BCUT2D eigenvalue weighted by Crippen LogP contribution is 2.32. The van der Waals surface area contributed by atoms with Crippen LogP contribution in [0.15, 0.2) is 51.8 Å². The summed E-state index contributed by atoms with van der Waals surface area (Å²) in [4.78, 5) is 11.3. The first-order chi connectivity index (χ1) is 9.83. The number of hydrogen-bond acceptors (Lipinski definition) is 4. The molecule has 0 heterocycles. The van der Waals surface area contributed by atoms with Crippen LogP contribution in [0, 0.1) is 0 Å². The summed E-state index contributed by atoms with van der Waals surface area (Å²) in [6, 6.07) is 10.5. The highest BCUT2D eigenvalue weighted by Gasteiger charge is 2.23. The zero-order valence-electron chi connectivity index (χ0n) is 10.7. The molecule has 0 spiro atoms. The van der Waals surface area contributed by atoms with Crippen molar-refractivity contribution in [2.24, 2.45) is 0 Å². The first-order valence-corrected chi connectivity index (χ1v) is 8.29. The van der Waals surface area contributed by atoms with Crippen molar-refractivity contribution in [1.82, 2.24) is 0 Å². The number of phenols is 1. The molecule has 0 amide bonds. The van der Waals surface area contributed by atoms with Gasteiger partial charge >= 0.3 is 5.97 Å². The highest BCUT2D eigenvalue weighted by atomic mass is 79.9. The quantitative estimate of drug-likeness (QED) is 0.863. The maximum atomic E-state index is 12.3. The van der Waals surface area contributed by atoms with Gasteiger partial charge in [-0.2, -0.15) is 0 Å². The molecule has 0 saturated carbocycles. The number of carbonyl (C=O) groups is 1. The molecule has 2 aromatic rings. The fourth-order valence-corrected chi connectivity index (χ4v) is 3.60. The number of halogens is 1. The van der Waals surface area contributed by atoms with Crippen LogP contribution in [0.3, 0.4) is 0 Å². The van der Waals surface area contributed by atoms with E-state index >= 15 is 0 Å². The first-order valence-electron chi connectivity index (χ1n) is 5.84. The second-order valence-corrected chi connectivity index (χ2v) is 7.15. The molecule has 0 fully saturated rings. The summed E-state index contributed by atoms with van der Waals surface area (Å²) in [6.07, 6.45) is 0. The second kappa shape index (κ2) is 5.87. The van der Waals surface area contributed by atoms with Gasteiger partial charge in [0.05, 0.1) is 15.1 Å². The number of carboxylic acids is 1. The number of sulfone groups is 1. The number of rotatable bonds is 4. The van der Waals surface area contributed by atoms with E-state index in [0.29, 0.717) is 0 Å². The van der Waals surface area contributed by atoms with E-state index in [2.05, 4.69) is 15.9 Å². The lowest BCUT2D eigenvalue weighted by molar-refractivity contribution is 0.0692. The smallest absolute Gasteiger partial charge is 0.339 e. The van der Waals surface area contributed by atoms with Crippen molar-refractivity contribution >= 4 is 31.7 Å². The molecule has 0 saturated heterocycles. The van der Waals surface area contributed by atoms with Gasteiger partial charge in [-0.15, -0.1) is 0 Å². The molecule has 2 aromatic carbocycles. The van der Waals surface area contributed by atoms with E-state index in [-0.39, 0.29) is 14.9 Å². The van der Waals surface area contributed by atoms with Crippen molar-refractivity contribution in [3.63, 3.8) is 0 Å². The maximum absolute atomic E-state index is 12.3. The lowest BCUT2D eigenvalue weighted by Gasteiger charge is -2.10. The Kier molecular flexibility index (Phi) is 4.34. The molecule has 21 heavy (non-hydrogen) atoms. The van der Waals surface area contributed by atoms with Crippen molar-refractivity contribution in [2.75, 3.05) is 0 Å². The summed E-state index contributed by atoms with van der Waals surface area (Å²) in [5.74, 6) is -2.37. The molecular weight excluding hydrogens is 360 g/mol. The lowest BCUT2D eigenvalue weighted by Crippen LogP contribution is -2.10. The van der Waals surface area contributed by atoms with Crippen LogP contribution >= 0.6 is 15.9 Å². The predicted octanol–water partition coefficient (Wildman–Crippen LogP) is 2.83. The number of aromatic hydroxyl groups is 1. The molecule has 0 aliphatic rings. The lowest BCUT2D eigenvalue weighted by atomic mass is 10.1. The number of carboxylic acid groups (broad SMARTS) is 1. The third-order valence-electron chi connectivity index (χ3n) is 2.88. The van der Waals surface area contributed by atoms with Gasteiger partial charge in [0, 0.05) is 0 Å². The Morgan fingerprint density at radius 1 is 1.10 bits per heavy atom. The van der Waals surface area contributed by atoms with Crippen molar-refractivity contribution in [3.05, 3.63) is 58.1 Å². The summed E-state index contributed by atoms with van der Waals surface area (Å²) >= 11 is 3.01. The molecule has 110 valence electrons. The van der Waals surface area contributed by atoms with Crippen LogP contribution in [0.5, 0.6) is 5.75 Å². The van der Waals surface area contributed by atoms with E-state index in [1.165, 1.54) is 24.3 Å². The van der Waals surface area contributed by atoms with Crippen LogP contribution in [-0.4, -0.2) is 24.6 Å². The summed E-state index contributed by atoms with van der Waals surface area (Å²) in [5, 5.41) is 19.0. The van der Waals surface area contributed by atoms with Gasteiger partial charge in [0.2, 0.25) is 0 Å². The molecule has 5 nitrogen and oxygen atoms in total. The number of benzene rings is 2. The SMILES string of the molecule is O=C(O)c1c(CS(=O)(=O)c2ccccc2)ccc(Br)c1O. The highest BCUT2D eigenvalue weighted by molar-refractivity contribution is 9.10. The molecule has 0 aliphatic heterocycles. The average Bonchev–Trinajstić information content (AvgIpc) is 2.43. The van der Waals surface area contributed by atoms with Crippen LogP contribution in [0.4, 0.5) is 0 Å². The third-order valence-corrected chi connectivity index (χ3v) is 5.20. The summed E-state index contributed by atoms with van der Waals surface area (Å²) < 4.78 is 24.8. The summed E-state index contributed by atoms with van der Waals surface area (Å²) in [7, 11) is -3.69. The van der Waals surface area contributed by atoms with E-state index < -0.39 is 32.9 Å². The van der Waals surface area contributed by atoms with Crippen LogP contribution in [-0.2, 0) is 15.6 Å². The number of hydrogen-bond donors (Lipinski definition) is 2. The fourth-order valence-electron chi connectivity index (χ4n) is 1.88. The van der Waals surface area contributed by atoms with Gasteiger partial charge in [-0.3, -0.25) is 0 Å². The molecule has 7 heteroatoms. The Balaban J connectivity index is 2.50. The predicted molar refractivity (Wildman–Crippen MR) is 80.1 cm³/mol. The molecule has 0 unspecified atom stereocenters. The molecular formula is C14H11BrO5S. The Morgan fingerprint density at radius 2 is 1.71 bits per heavy atom. The molecule has 2 rings (SSSR count). The van der Waals surface area contributed by atoms with Crippen molar-refractivity contribution in [3.8, 4) is 5.75 Å². The Hall–Kier alpha value is -1.86. The van der Waals surface area contributed by atoms with Crippen LogP contribution < -0.4 is 0 Å². The molecule has 0 bridgehead atoms. The van der Waals surface area contributed by atoms with Gasteiger partial charge in [0.25, 0.3) is 0 Å². The first kappa shape index (κ1) is 15.5. The summed E-state index contributed by atoms with van der Waals surface area (Å²) in [6.45, 7) is 0. The van der Waals surface area contributed by atoms with E-state index in [9.17, 15) is 18.3 Å². The minimum absolute atomic E-state index is 0.0343. The standard InChI is InChI=1S/C14H11BrO5S/c15-11-7-6-9(12(13(11)16)14(17)18)8-21(19,20)10-4-2-1-3-5-10/h1-7,16H,8H2,(H,17,18). The summed E-state index contributed by atoms with van der Waals surface area (Å²) in [5.41, 5.74) is -0.379. The monoisotopic (exact) mass is 370 g/mol. The van der Waals surface area contributed by atoms with E-state index in [1.54, 1.807) is 18.2 Å². The molecule has 0 aliphatic carbocycles. The van der Waals surface area contributed by atoms with Crippen LogP contribution in [0.25, 0.3) is 0 Å². The van der Waals surface area contributed by atoms with Crippen LogP contribution in [0.2, 0.25) is 0 Å². The molecule has 0 aromatic heterocycles. The average molecular weight is 371 g/mol. The van der Waals surface area contributed by atoms with Gasteiger partial charge in [0.1, 0.15) is 11.3 Å². The minimum atomic E-state index is -3.69. The Morgan fingerprint density at radius 3 is 2.29 bits per heavy atom. The molecule has 0 radical (unpaired) electrons. The molecule has 0 atom stereocenters. The zero-order valence-corrected chi connectivity index (χ0v) is 13.1.